The van der Waals surface area contributed by atoms with Gasteiger partial charge in [-0.2, -0.15) is 4.98 Å². The zero-order valence-corrected chi connectivity index (χ0v) is 15.5. The number of likely N-dealkylation sites (N-methyl/N-ethyl adjacent to an activating group) is 1. The number of carbonyl (C=O) groups excluding carboxylic acids is 1. The summed E-state index contributed by atoms with van der Waals surface area (Å²) >= 11 is 0. The van der Waals surface area contributed by atoms with E-state index in [9.17, 15) is 4.79 Å². The largest absolute Gasteiger partial charge is 0.351 e. The fourth-order valence-corrected chi connectivity index (χ4v) is 3.38. The molecule has 1 aromatic carbocycles. The van der Waals surface area contributed by atoms with E-state index in [1.807, 2.05) is 0 Å². The number of nitrogens with zero attached hydrogens (tertiary/aromatic N) is 4. The van der Waals surface area contributed by atoms with Gasteiger partial charge in [0.1, 0.15) is 0 Å². The monoisotopic (exact) mass is 357 g/mol. The zero-order valence-electron chi connectivity index (χ0n) is 15.5. The molecule has 26 heavy (non-hydrogen) atoms. The molecule has 1 aliphatic rings. The molecule has 7 heteroatoms. The van der Waals surface area contributed by atoms with Gasteiger partial charge >= 0.3 is 11.8 Å². The predicted octanol–water partition coefficient (Wildman–Crippen LogP) is 1.57. The van der Waals surface area contributed by atoms with Gasteiger partial charge in [-0.3, -0.25) is 9.69 Å². The first-order valence-electron chi connectivity index (χ1n) is 9.17. The Morgan fingerprint density at radius 2 is 2.19 bits per heavy atom. The molecule has 1 unspecified atom stereocenters. The molecule has 0 spiro atoms. The van der Waals surface area contributed by atoms with E-state index in [4.69, 9.17) is 4.52 Å². The second-order valence-corrected chi connectivity index (χ2v) is 6.84. The molecule has 7 nitrogen and oxygen atoms in total. The molecule has 1 fully saturated rings. The van der Waals surface area contributed by atoms with E-state index in [1.54, 1.807) is 7.05 Å². The van der Waals surface area contributed by atoms with Gasteiger partial charge in [0.25, 0.3) is 0 Å². The number of nitrogens with one attached hydrogen (secondary N) is 1. The number of rotatable bonds is 7. The first-order chi connectivity index (χ1) is 12.7. The summed E-state index contributed by atoms with van der Waals surface area (Å²) in [6.07, 6.45) is 3.42. The van der Waals surface area contributed by atoms with E-state index in [1.165, 1.54) is 12.0 Å². The molecular formula is C19H27N5O2. The molecule has 2 heterocycles. The van der Waals surface area contributed by atoms with Crippen LogP contribution in [0.4, 0.5) is 0 Å². The van der Waals surface area contributed by atoms with E-state index in [0.717, 1.165) is 32.5 Å². The number of piperidine rings is 1. The Hall–Kier alpha value is -2.25. The Kier molecular flexibility index (Phi) is 6.35. The number of amides is 1. The number of hydrogen-bond donors (Lipinski definition) is 1. The van der Waals surface area contributed by atoms with Crippen molar-refractivity contribution < 1.29 is 9.32 Å². The van der Waals surface area contributed by atoms with Crippen molar-refractivity contribution in [3.63, 3.8) is 0 Å². The maximum absolute atomic E-state index is 11.5. The molecule has 1 atom stereocenters. The van der Waals surface area contributed by atoms with Gasteiger partial charge in [-0.1, -0.05) is 35.5 Å². The summed E-state index contributed by atoms with van der Waals surface area (Å²) in [7, 11) is 3.75. The highest BCUT2D eigenvalue weighted by atomic mass is 16.5. The lowest BCUT2D eigenvalue weighted by molar-refractivity contribution is 0.0919. The maximum Gasteiger partial charge on any atom is 0.315 e. The van der Waals surface area contributed by atoms with Gasteiger partial charge in [-0.25, -0.2) is 0 Å². The molecule has 3 rings (SSSR count). The summed E-state index contributed by atoms with van der Waals surface area (Å²) in [6, 6.07) is 11.1. The SMILES string of the molecule is CNC(=O)c1nc(CN2CCCC(N(C)CCc3ccccc3)C2)no1. The molecule has 0 radical (unpaired) electrons. The van der Waals surface area contributed by atoms with Crippen molar-refractivity contribution in [2.45, 2.75) is 31.8 Å². The Labute approximate surface area is 154 Å². The first kappa shape index (κ1) is 18.5. The lowest BCUT2D eigenvalue weighted by Gasteiger charge is -2.37. The summed E-state index contributed by atoms with van der Waals surface area (Å²) in [4.78, 5) is 20.5. The Bertz CT molecular complexity index is 703. The van der Waals surface area contributed by atoms with Crippen LogP contribution in [0.15, 0.2) is 34.9 Å². The maximum atomic E-state index is 11.5. The lowest BCUT2D eigenvalue weighted by Crippen LogP contribution is -2.46. The summed E-state index contributed by atoms with van der Waals surface area (Å²) in [5, 5.41) is 6.42. The standard InChI is InChI=1S/C19H27N5O2/c1-20-18(25)19-21-17(22-26-19)14-24-11-6-9-16(13-24)23(2)12-10-15-7-4-3-5-8-15/h3-5,7-8,16H,6,9-14H2,1-2H3,(H,20,25). The van der Waals surface area contributed by atoms with Crippen molar-refractivity contribution in [1.82, 2.24) is 25.3 Å². The van der Waals surface area contributed by atoms with E-state index in [2.05, 4.69) is 62.6 Å². The van der Waals surface area contributed by atoms with Crippen LogP contribution in [0.5, 0.6) is 0 Å². The minimum atomic E-state index is -0.346. The molecular weight excluding hydrogens is 330 g/mol. The molecule has 1 saturated heterocycles. The second-order valence-electron chi connectivity index (χ2n) is 6.84. The molecule has 0 saturated carbocycles. The topological polar surface area (TPSA) is 74.5 Å². The van der Waals surface area contributed by atoms with Crippen molar-refractivity contribution in [2.24, 2.45) is 0 Å². The van der Waals surface area contributed by atoms with Crippen LogP contribution in [0.3, 0.4) is 0 Å². The lowest BCUT2D eigenvalue weighted by atomic mass is 10.0. The van der Waals surface area contributed by atoms with E-state index < -0.39 is 0 Å². The first-order valence-corrected chi connectivity index (χ1v) is 9.17. The third-order valence-corrected chi connectivity index (χ3v) is 4.95. The highest BCUT2D eigenvalue weighted by molar-refractivity contribution is 5.89. The van der Waals surface area contributed by atoms with Gasteiger partial charge < -0.3 is 14.7 Å². The normalized spacial score (nSPS) is 18.2. The van der Waals surface area contributed by atoms with Crippen molar-refractivity contribution in [3.05, 3.63) is 47.6 Å². The quantitative estimate of drug-likeness (QED) is 0.811. The molecule has 0 bridgehead atoms. The van der Waals surface area contributed by atoms with Gasteiger partial charge in [0.2, 0.25) is 0 Å². The van der Waals surface area contributed by atoms with Crippen molar-refractivity contribution >= 4 is 5.91 Å². The molecule has 1 aliphatic heterocycles. The summed E-state index contributed by atoms with van der Waals surface area (Å²) in [5.41, 5.74) is 1.38. The Morgan fingerprint density at radius 1 is 1.38 bits per heavy atom. The molecule has 0 aliphatic carbocycles. The average Bonchev–Trinajstić information content (AvgIpc) is 3.15. The molecule has 1 N–H and O–H groups in total. The van der Waals surface area contributed by atoms with Crippen LogP contribution in [-0.2, 0) is 13.0 Å². The fraction of sp³-hybridized carbons (Fsp3) is 0.526. The van der Waals surface area contributed by atoms with Crippen molar-refractivity contribution in [2.75, 3.05) is 33.7 Å². The zero-order chi connectivity index (χ0) is 18.4. The van der Waals surface area contributed by atoms with E-state index in [-0.39, 0.29) is 11.8 Å². The molecule has 140 valence electrons. The second kappa shape index (κ2) is 8.91. The average molecular weight is 357 g/mol. The number of carbonyl (C=O) groups is 1. The van der Waals surface area contributed by atoms with Crippen LogP contribution >= 0.6 is 0 Å². The van der Waals surface area contributed by atoms with Gasteiger partial charge in [0.15, 0.2) is 5.82 Å². The molecule has 1 aromatic heterocycles. The van der Waals surface area contributed by atoms with Gasteiger partial charge in [0.05, 0.1) is 6.54 Å². The van der Waals surface area contributed by atoms with E-state index >= 15 is 0 Å². The highest BCUT2D eigenvalue weighted by Crippen LogP contribution is 2.17. The predicted molar refractivity (Wildman–Crippen MR) is 98.8 cm³/mol. The van der Waals surface area contributed by atoms with Crippen LogP contribution < -0.4 is 5.32 Å². The van der Waals surface area contributed by atoms with Crippen molar-refractivity contribution in [1.29, 1.82) is 0 Å². The summed E-state index contributed by atoms with van der Waals surface area (Å²) < 4.78 is 5.01. The third kappa shape index (κ3) is 4.89. The van der Waals surface area contributed by atoms with Crippen LogP contribution in [0, 0.1) is 0 Å². The smallest absolute Gasteiger partial charge is 0.315 e. The molecule has 2 aromatic rings. The number of benzene rings is 1. The minimum absolute atomic E-state index is 0.0241. The number of hydrogen-bond acceptors (Lipinski definition) is 6. The Morgan fingerprint density at radius 3 is 2.96 bits per heavy atom. The summed E-state index contributed by atoms with van der Waals surface area (Å²) in [5.74, 6) is 0.244. The molecule has 1 amide bonds. The number of likely N-dealkylation sites (tertiary alicyclic amines) is 1. The van der Waals surface area contributed by atoms with Gasteiger partial charge in [-0.05, 0) is 38.4 Å². The highest BCUT2D eigenvalue weighted by Gasteiger charge is 2.24. The third-order valence-electron chi connectivity index (χ3n) is 4.95. The van der Waals surface area contributed by atoms with Crippen molar-refractivity contribution in [3.8, 4) is 0 Å². The van der Waals surface area contributed by atoms with E-state index in [0.29, 0.717) is 18.4 Å². The van der Waals surface area contributed by atoms with Crippen LogP contribution in [0.1, 0.15) is 34.9 Å². The minimum Gasteiger partial charge on any atom is -0.351 e. The Balaban J connectivity index is 1.50. The van der Waals surface area contributed by atoms with Crippen LogP contribution in [-0.4, -0.2) is 65.6 Å². The van der Waals surface area contributed by atoms with Crippen LogP contribution in [0.25, 0.3) is 0 Å². The summed E-state index contributed by atoms with van der Waals surface area (Å²) in [6.45, 7) is 3.66. The number of aromatic nitrogens is 2. The fourth-order valence-electron chi connectivity index (χ4n) is 3.38. The van der Waals surface area contributed by atoms with Gasteiger partial charge in [0, 0.05) is 26.2 Å². The van der Waals surface area contributed by atoms with Gasteiger partial charge in [-0.15, -0.1) is 0 Å². The van der Waals surface area contributed by atoms with Crippen LogP contribution in [0.2, 0.25) is 0 Å².